The van der Waals surface area contributed by atoms with Crippen molar-refractivity contribution in [3.63, 3.8) is 0 Å². The monoisotopic (exact) mass is 568 g/mol. The quantitative estimate of drug-likeness (QED) is 0.0915. The molecule has 0 amide bonds. The third kappa shape index (κ3) is 5.25. The Labute approximate surface area is 231 Å². The number of aromatic amines is 1. The first-order valence-electron chi connectivity index (χ1n) is 12.5. The van der Waals surface area contributed by atoms with Crippen LogP contribution in [-0.4, -0.2) is 55.2 Å². The van der Waals surface area contributed by atoms with Crippen molar-refractivity contribution in [3.8, 4) is 11.3 Å². The van der Waals surface area contributed by atoms with E-state index < -0.39 is 41.4 Å². The number of nitrogens with zero attached hydrogens (tertiary/aromatic N) is 2. The van der Waals surface area contributed by atoms with Gasteiger partial charge < -0.3 is 25.3 Å². The van der Waals surface area contributed by atoms with Crippen molar-refractivity contribution in [1.82, 2.24) is 14.8 Å². The van der Waals surface area contributed by atoms with Crippen molar-refractivity contribution in [2.24, 2.45) is 0 Å². The maximum absolute atomic E-state index is 14.9. The fraction of sp³-hybridized carbons (Fsp3) is 0.172. The molecule has 8 nitrogen and oxygen atoms in total. The predicted molar refractivity (Wildman–Crippen MR) is 144 cm³/mol. The molecule has 5 rings (SSSR count). The second kappa shape index (κ2) is 10.9. The van der Waals surface area contributed by atoms with E-state index in [1.165, 1.54) is 47.2 Å². The molecule has 2 aromatic heterocycles. The molecule has 7 N–H and O–H groups in total. The Bertz CT molecular complexity index is 1680. The molecule has 0 radical (unpaired) electrons. The van der Waals surface area contributed by atoms with Crippen LogP contribution in [0.3, 0.4) is 0 Å². The lowest BCUT2D eigenvalue weighted by atomic mass is 9.84. The van der Waals surface area contributed by atoms with Crippen molar-refractivity contribution >= 4 is 28.5 Å². The van der Waals surface area contributed by atoms with Gasteiger partial charge in [-0.25, -0.2) is 4.39 Å². The van der Waals surface area contributed by atoms with Gasteiger partial charge in [0.15, 0.2) is 0 Å². The first-order chi connectivity index (χ1) is 19.5. The van der Waals surface area contributed by atoms with E-state index in [2.05, 4.69) is 10.2 Å². The second-order valence-electron chi connectivity index (χ2n) is 9.63. The standard InChI is InChI=1S/C29H25F4N5O3/c30-20-3-5-21(6-4-20)36-25-8-2-19(11-18(25)13-34)28(41,29(31,32)33)24-15-38(14-22(40)16-39)27-12-17(1-7-23(24)27)26-9-10-35-37-26/h1-13,15,22,34,36,39-41H,14,16H2,(H,35,37)/p+1. The molecule has 2 heterocycles. The van der Waals surface area contributed by atoms with Gasteiger partial charge in [0.25, 0.3) is 0 Å². The fourth-order valence-electron chi connectivity index (χ4n) is 4.87. The van der Waals surface area contributed by atoms with Crippen molar-refractivity contribution < 1.29 is 38.2 Å². The maximum atomic E-state index is 14.9. The second-order valence-corrected chi connectivity index (χ2v) is 9.63. The van der Waals surface area contributed by atoms with E-state index in [4.69, 9.17) is 5.41 Å². The molecule has 2 atom stereocenters. The highest BCUT2D eigenvalue weighted by Crippen LogP contribution is 2.47. The molecular weight excluding hydrogens is 542 g/mol. The number of fused-ring (bicyclic) bond motifs is 1. The van der Waals surface area contributed by atoms with Crippen LogP contribution in [0.5, 0.6) is 0 Å². The van der Waals surface area contributed by atoms with Crippen LogP contribution in [0.1, 0.15) is 16.7 Å². The SMILES string of the molecule is N=Cc1cc(C(O)(c2cn(CC(O)CO)c3cc(-c4ccn[nH]4)ccc23)C(F)(F)F)ccc1[NH2+]c1ccc(F)cc1. The number of hydrogen-bond donors (Lipinski definition) is 6. The third-order valence-electron chi connectivity index (χ3n) is 6.96. The molecule has 0 aliphatic carbocycles. The summed E-state index contributed by atoms with van der Waals surface area (Å²) in [5, 5.41) is 47.3. The van der Waals surface area contributed by atoms with Gasteiger partial charge in [-0.05, 0) is 42.0 Å². The molecule has 12 heteroatoms. The number of nitrogens with one attached hydrogen (secondary N) is 2. The molecule has 212 valence electrons. The number of benzene rings is 3. The van der Waals surface area contributed by atoms with Crippen LogP contribution in [0.2, 0.25) is 0 Å². The zero-order valence-corrected chi connectivity index (χ0v) is 21.4. The van der Waals surface area contributed by atoms with Crippen LogP contribution in [0.15, 0.2) is 79.1 Å². The minimum atomic E-state index is -5.19. The summed E-state index contributed by atoms with van der Waals surface area (Å²) >= 11 is 0. The number of H-pyrrole nitrogens is 1. The lowest BCUT2D eigenvalue weighted by Gasteiger charge is -2.31. The van der Waals surface area contributed by atoms with Gasteiger partial charge in [0.1, 0.15) is 17.2 Å². The number of aliphatic hydroxyl groups excluding tert-OH is 2. The number of aliphatic hydroxyl groups is 3. The minimum Gasteiger partial charge on any atom is -0.394 e. The molecule has 0 bridgehead atoms. The number of hydrogen-bond acceptors (Lipinski definition) is 5. The van der Waals surface area contributed by atoms with E-state index in [9.17, 15) is 32.9 Å². The van der Waals surface area contributed by atoms with Gasteiger partial charge in [0.2, 0.25) is 5.60 Å². The Morgan fingerprint density at radius 1 is 1.05 bits per heavy atom. The van der Waals surface area contributed by atoms with Gasteiger partial charge in [0, 0.05) is 58.8 Å². The molecule has 0 saturated heterocycles. The normalized spacial score (nSPS) is 14.2. The Hall–Kier alpha value is -4.36. The van der Waals surface area contributed by atoms with Gasteiger partial charge >= 0.3 is 6.18 Å². The molecule has 0 saturated carbocycles. The van der Waals surface area contributed by atoms with Gasteiger partial charge in [-0.15, -0.1) is 0 Å². The summed E-state index contributed by atoms with van der Waals surface area (Å²) in [6, 6.07) is 15.4. The molecule has 0 aliphatic rings. The van der Waals surface area contributed by atoms with Crippen LogP contribution in [0.4, 0.5) is 28.9 Å². The molecule has 0 spiro atoms. The lowest BCUT2D eigenvalue weighted by molar-refractivity contribution is -0.478. The first-order valence-corrected chi connectivity index (χ1v) is 12.5. The van der Waals surface area contributed by atoms with Crippen LogP contribution < -0.4 is 5.32 Å². The van der Waals surface area contributed by atoms with Crippen LogP contribution >= 0.6 is 0 Å². The zero-order chi connectivity index (χ0) is 29.4. The number of halogens is 4. The third-order valence-corrected chi connectivity index (χ3v) is 6.96. The summed E-state index contributed by atoms with van der Waals surface area (Å²) < 4.78 is 59.4. The molecule has 41 heavy (non-hydrogen) atoms. The summed E-state index contributed by atoms with van der Waals surface area (Å²) in [6.45, 7) is -0.849. The average Bonchev–Trinajstić information content (AvgIpc) is 3.62. The Balaban J connectivity index is 1.67. The number of quaternary nitrogens is 1. The lowest BCUT2D eigenvalue weighted by Crippen LogP contribution is -2.71. The fourth-order valence-corrected chi connectivity index (χ4v) is 4.87. The van der Waals surface area contributed by atoms with Crippen molar-refractivity contribution in [1.29, 1.82) is 5.41 Å². The largest absolute Gasteiger partial charge is 0.425 e. The molecule has 5 aromatic rings. The van der Waals surface area contributed by atoms with Crippen LogP contribution in [0.25, 0.3) is 22.2 Å². The Morgan fingerprint density at radius 3 is 2.44 bits per heavy atom. The summed E-state index contributed by atoms with van der Waals surface area (Å²) in [7, 11) is 0. The van der Waals surface area contributed by atoms with E-state index in [0.29, 0.717) is 22.6 Å². The Morgan fingerprint density at radius 2 is 1.80 bits per heavy atom. The average molecular weight is 569 g/mol. The van der Waals surface area contributed by atoms with E-state index in [1.807, 2.05) is 0 Å². The summed E-state index contributed by atoms with van der Waals surface area (Å²) in [5.74, 6) is -0.442. The van der Waals surface area contributed by atoms with E-state index in [0.717, 1.165) is 24.5 Å². The summed E-state index contributed by atoms with van der Waals surface area (Å²) in [5.41, 5.74) is -1.90. The van der Waals surface area contributed by atoms with Crippen molar-refractivity contribution in [2.75, 3.05) is 6.61 Å². The van der Waals surface area contributed by atoms with Gasteiger partial charge in [0.05, 0.1) is 30.5 Å². The van der Waals surface area contributed by atoms with Gasteiger partial charge in [-0.1, -0.05) is 12.1 Å². The van der Waals surface area contributed by atoms with E-state index in [-0.39, 0.29) is 23.0 Å². The molecule has 2 unspecified atom stereocenters. The van der Waals surface area contributed by atoms with E-state index in [1.54, 1.807) is 23.5 Å². The number of rotatable bonds is 9. The van der Waals surface area contributed by atoms with Gasteiger partial charge in [-0.3, -0.25) is 10.4 Å². The van der Waals surface area contributed by atoms with E-state index >= 15 is 0 Å². The Kier molecular flexibility index (Phi) is 7.49. The molecule has 0 aliphatic heterocycles. The van der Waals surface area contributed by atoms with Crippen molar-refractivity contribution in [3.05, 3.63) is 102 Å². The predicted octanol–water partition coefficient (Wildman–Crippen LogP) is 3.85. The zero-order valence-electron chi connectivity index (χ0n) is 21.4. The first kappa shape index (κ1) is 28.2. The van der Waals surface area contributed by atoms with Crippen LogP contribution in [-0.2, 0) is 12.1 Å². The highest BCUT2D eigenvalue weighted by molar-refractivity contribution is 5.90. The summed E-state index contributed by atoms with van der Waals surface area (Å²) in [6.07, 6.45) is -2.92. The number of alkyl halides is 3. The van der Waals surface area contributed by atoms with Crippen LogP contribution in [0, 0.1) is 11.2 Å². The summed E-state index contributed by atoms with van der Waals surface area (Å²) in [4.78, 5) is 0. The minimum absolute atomic E-state index is 0.0802. The molecule has 3 aromatic carbocycles. The molecular formula is C29H26F4N5O3+. The highest BCUT2D eigenvalue weighted by atomic mass is 19.4. The number of aromatic nitrogens is 3. The highest BCUT2D eigenvalue weighted by Gasteiger charge is 2.57. The van der Waals surface area contributed by atoms with Gasteiger partial charge in [-0.2, -0.15) is 18.3 Å². The topological polar surface area (TPSA) is 135 Å². The van der Waals surface area contributed by atoms with Crippen molar-refractivity contribution in [2.45, 2.75) is 24.4 Å². The molecule has 0 fully saturated rings. The smallest absolute Gasteiger partial charge is 0.394 e. The maximum Gasteiger partial charge on any atom is 0.425 e. The number of nitrogens with two attached hydrogens (primary N) is 1.